The quantitative estimate of drug-likeness (QED) is 0.375. The SMILES string of the molecule is CC/C=C/c1cnc2ccc(=O)n(CCN3CCC(N(Cc4cc5c(cn4)OCCO5)C(=O)OC(C)(C)C)CC3)c2c1. The molecular weight excluding hydrogens is 534 g/mol. The van der Waals surface area contributed by atoms with Crippen molar-refractivity contribution in [3.8, 4) is 11.5 Å². The molecule has 0 aliphatic carbocycles. The van der Waals surface area contributed by atoms with Crippen molar-refractivity contribution < 1.29 is 19.0 Å². The number of aromatic nitrogens is 3. The first-order valence-corrected chi connectivity index (χ1v) is 14.8. The molecule has 0 bridgehead atoms. The first-order chi connectivity index (χ1) is 20.2. The van der Waals surface area contributed by atoms with E-state index in [1.165, 1.54) is 0 Å². The van der Waals surface area contributed by atoms with Crippen LogP contribution in [0.2, 0.25) is 0 Å². The van der Waals surface area contributed by atoms with Gasteiger partial charge in [0.25, 0.3) is 5.56 Å². The molecule has 0 unspecified atom stereocenters. The van der Waals surface area contributed by atoms with Gasteiger partial charge in [-0.3, -0.25) is 19.7 Å². The van der Waals surface area contributed by atoms with Crippen LogP contribution < -0.4 is 15.0 Å². The first-order valence-electron chi connectivity index (χ1n) is 14.8. The third-order valence-corrected chi connectivity index (χ3v) is 7.49. The van der Waals surface area contributed by atoms with Gasteiger partial charge in [-0.1, -0.05) is 19.1 Å². The number of nitrogens with zero attached hydrogens (tertiary/aromatic N) is 5. The van der Waals surface area contributed by atoms with Crippen LogP contribution in [0.3, 0.4) is 0 Å². The van der Waals surface area contributed by atoms with Crippen LogP contribution in [0.5, 0.6) is 11.5 Å². The van der Waals surface area contributed by atoms with Crippen molar-refractivity contribution in [1.82, 2.24) is 24.3 Å². The minimum absolute atomic E-state index is 0.00323. The number of carbonyl (C=O) groups is 1. The Labute approximate surface area is 246 Å². The van der Waals surface area contributed by atoms with E-state index in [0.717, 1.165) is 61.2 Å². The highest BCUT2D eigenvalue weighted by Crippen LogP contribution is 2.30. The third-order valence-electron chi connectivity index (χ3n) is 7.49. The average molecular weight is 576 g/mol. The molecule has 0 N–H and O–H groups in total. The summed E-state index contributed by atoms with van der Waals surface area (Å²) in [6.45, 7) is 11.9. The molecule has 1 fully saturated rings. The Morgan fingerprint density at radius 2 is 1.83 bits per heavy atom. The number of fused-ring (bicyclic) bond motifs is 2. The van der Waals surface area contributed by atoms with E-state index in [9.17, 15) is 9.59 Å². The topological polar surface area (TPSA) is 99.0 Å². The lowest BCUT2D eigenvalue weighted by atomic mass is 10.0. The molecule has 10 heteroatoms. The van der Waals surface area contributed by atoms with Crippen molar-refractivity contribution in [2.75, 3.05) is 32.8 Å². The molecule has 10 nitrogen and oxygen atoms in total. The molecule has 2 aliphatic rings. The first kappa shape index (κ1) is 29.6. The standard InChI is InChI=1S/C32H41N5O5/c1-5-6-7-23-18-27-26(34-20-23)8-9-30(38)36(27)15-14-35-12-10-25(11-13-35)37(31(39)42-32(2,3)4)22-24-19-28-29(21-33-24)41-17-16-40-28/h6-9,18-21,25H,5,10-17,22H2,1-4H3/b7-6+. The number of hydrogen-bond acceptors (Lipinski definition) is 8. The number of pyridine rings is 3. The van der Waals surface area contributed by atoms with Crippen molar-refractivity contribution in [3.05, 3.63) is 64.3 Å². The monoisotopic (exact) mass is 575 g/mol. The zero-order valence-electron chi connectivity index (χ0n) is 25.0. The highest BCUT2D eigenvalue weighted by atomic mass is 16.6. The van der Waals surface area contributed by atoms with Crippen LogP contribution in [0.1, 0.15) is 58.2 Å². The second kappa shape index (κ2) is 12.9. The van der Waals surface area contributed by atoms with Crippen LogP contribution >= 0.6 is 0 Å². The van der Waals surface area contributed by atoms with Gasteiger partial charge in [0, 0.05) is 50.6 Å². The lowest BCUT2D eigenvalue weighted by Gasteiger charge is -2.39. The molecule has 0 aromatic carbocycles. The molecule has 3 aromatic heterocycles. The summed E-state index contributed by atoms with van der Waals surface area (Å²) in [7, 11) is 0. The summed E-state index contributed by atoms with van der Waals surface area (Å²) in [5.41, 5.74) is 2.73. The van der Waals surface area contributed by atoms with E-state index in [4.69, 9.17) is 14.2 Å². The zero-order chi connectivity index (χ0) is 29.7. The lowest BCUT2D eigenvalue weighted by molar-refractivity contribution is 0.00529. The Balaban J connectivity index is 1.26. The molecule has 42 heavy (non-hydrogen) atoms. The molecule has 0 atom stereocenters. The summed E-state index contributed by atoms with van der Waals surface area (Å²) in [6.07, 6.45) is 9.80. The highest BCUT2D eigenvalue weighted by molar-refractivity contribution is 5.77. The van der Waals surface area contributed by atoms with Crippen molar-refractivity contribution >= 4 is 23.2 Å². The van der Waals surface area contributed by atoms with E-state index in [-0.39, 0.29) is 17.7 Å². The normalized spacial score (nSPS) is 16.2. The van der Waals surface area contributed by atoms with Gasteiger partial charge in [0.15, 0.2) is 11.5 Å². The fourth-order valence-electron chi connectivity index (χ4n) is 5.37. The van der Waals surface area contributed by atoms with Crippen molar-refractivity contribution in [1.29, 1.82) is 0 Å². The predicted molar refractivity (Wildman–Crippen MR) is 162 cm³/mol. The number of allylic oxidation sites excluding steroid dienone is 1. The van der Waals surface area contributed by atoms with Crippen molar-refractivity contribution in [2.45, 2.75) is 71.7 Å². The van der Waals surface area contributed by atoms with Crippen LogP contribution in [0, 0.1) is 0 Å². The minimum atomic E-state index is -0.608. The number of hydrogen-bond donors (Lipinski definition) is 0. The molecule has 2 aliphatic heterocycles. The largest absolute Gasteiger partial charge is 0.486 e. The van der Waals surface area contributed by atoms with Gasteiger partial charge >= 0.3 is 6.09 Å². The minimum Gasteiger partial charge on any atom is -0.486 e. The van der Waals surface area contributed by atoms with Gasteiger partial charge in [-0.2, -0.15) is 0 Å². The summed E-state index contributed by atoms with van der Waals surface area (Å²) in [4.78, 5) is 39.4. The molecule has 1 amide bonds. The molecule has 224 valence electrons. The molecule has 5 heterocycles. The predicted octanol–water partition coefficient (Wildman–Crippen LogP) is 4.89. The Morgan fingerprint density at radius 1 is 1.07 bits per heavy atom. The van der Waals surface area contributed by atoms with E-state index >= 15 is 0 Å². The zero-order valence-corrected chi connectivity index (χ0v) is 25.0. The van der Waals surface area contributed by atoms with Gasteiger partial charge in [0.2, 0.25) is 0 Å². The summed E-state index contributed by atoms with van der Waals surface area (Å²) >= 11 is 0. The second-order valence-corrected chi connectivity index (χ2v) is 11.8. The van der Waals surface area contributed by atoms with Crippen LogP contribution in [0.4, 0.5) is 4.79 Å². The lowest BCUT2D eigenvalue weighted by Crippen LogP contribution is -2.49. The van der Waals surface area contributed by atoms with E-state index in [0.29, 0.717) is 37.8 Å². The Hall–Kier alpha value is -3.92. The summed E-state index contributed by atoms with van der Waals surface area (Å²) in [5, 5.41) is 0. The van der Waals surface area contributed by atoms with Gasteiger partial charge in [0.1, 0.15) is 18.8 Å². The molecule has 3 aromatic rings. The summed E-state index contributed by atoms with van der Waals surface area (Å²) in [5.74, 6) is 1.27. The Kier molecular flexibility index (Phi) is 9.11. The number of piperidine rings is 1. The van der Waals surface area contributed by atoms with E-state index in [1.54, 1.807) is 23.2 Å². The van der Waals surface area contributed by atoms with Gasteiger partial charge in [-0.05, 0) is 57.7 Å². The molecule has 5 rings (SSSR count). The van der Waals surface area contributed by atoms with Gasteiger partial charge in [0.05, 0.1) is 29.5 Å². The maximum atomic E-state index is 13.4. The van der Waals surface area contributed by atoms with Crippen LogP contribution in [0.15, 0.2) is 47.5 Å². The van der Waals surface area contributed by atoms with E-state index in [1.807, 2.05) is 49.7 Å². The van der Waals surface area contributed by atoms with Crippen molar-refractivity contribution in [3.63, 3.8) is 0 Å². The Bertz CT molecular complexity index is 1490. The van der Waals surface area contributed by atoms with Crippen LogP contribution in [-0.2, 0) is 17.8 Å². The number of carbonyl (C=O) groups excluding carboxylic acids is 1. The number of likely N-dealkylation sites (tertiary alicyclic amines) is 1. The second-order valence-electron chi connectivity index (χ2n) is 11.8. The molecule has 0 spiro atoms. The van der Waals surface area contributed by atoms with Crippen molar-refractivity contribution in [2.24, 2.45) is 0 Å². The maximum Gasteiger partial charge on any atom is 0.410 e. The van der Waals surface area contributed by atoms with Gasteiger partial charge < -0.3 is 23.7 Å². The third kappa shape index (κ3) is 7.28. The number of ether oxygens (including phenoxy) is 3. The molecular formula is C32H41N5O5. The van der Waals surface area contributed by atoms with E-state index < -0.39 is 5.60 Å². The van der Waals surface area contributed by atoms with Gasteiger partial charge in [-0.15, -0.1) is 0 Å². The smallest absolute Gasteiger partial charge is 0.410 e. The molecule has 1 saturated heterocycles. The summed E-state index contributed by atoms with van der Waals surface area (Å²) in [6, 6.07) is 7.26. The summed E-state index contributed by atoms with van der Waals surface area (Å²) < 4.78 is 19.0. The highest BCUT2D eigenvalue weighted by Gasteiger charge is 2.32. The van der Waals surface area contributed by atoms with Gasteiger partial charge in [-0.25, -0.2) is 4.79 Å². The number of amides is 1. The van der Waals surface area contributed by atoms with E-state index in [2.05, 4.69) is 27.9 Å². The fourth-order valence-corrected chi connectivity index (χ4v) is 5.37. The number of rotatable bonds is 8. The molecule has 0 saturated carbocycles. The Morgan fingerprint density at radius 3 is 2.57 bits per heavy atom. The maximum absolute atomic E-state index is 13.4. The fraction of sp³-hybridized carbons (Fsp3) is 0.500. The van der Waals surface area contributed by atoms with Crippen LogP contribution in [0.25, 0.3) is 17.1 Å². The van der Waals surface area contributed by atoms with Crippen LogP contribution in [-0.4, -0.2) is 74.9 Å². The molecule has 0 radical (unpaired) electrons. The average Bonchev–Trinajstić information content (AvgIpc) is 2.97.